The molecule has 1 aliphatic carbocycles. The van der Waals surface area contributed by atoms with Gasteiger partial charge >= 0.3 is 0 Å². The molecule has 3 heterocycles. The standard InChI is InChI=1S/C23H23N3O4/c1-29-15-22(28)25(16-10-11-16)14-21(27)26-18-7-3-2-6-17(18)24-12-4-8-19(24)23(26)20-9-5-13-30-20/h2-9,12-13,16,23H,10-11,14-15H2,1H3. The molecule has 3 aromatic rings. The number of hydrogen-bond donors (Lipinski definition) is 0. The predicted molar refractivity (Wildman–Crippen MR) is 110 cm³/mol. The number of furan rings is 1. The molecule has 1 aliphatic heterocycles. The van der Waals surface area contributed by atoms with E-state index >= 15 is 0 Å². The van der Waals surface area contributed by atoms with Gasteiger partial charge in [-0.15, -0.1) is 0 Å². The highest BCUT2D eigenvalue weighted by molar-refractivity contribution is 6.00. The third kappa shape index (κ3) is 3.11. The number of aromatic nitrogens is 1. The Labute approximate surface area is 174 Å². The third-order valence-corrected chi connectivity index (χ3v) is 5.68. The Morgan fingerprint density at radius 3 is 2.60 bits per heavy atom. The quantitative estimate of drug-likeness (QED) is 0.632. The number of hydrogen-bond acceptors (Lipinski definition) is 4. The molecule has 0 spiro atoms. The van der Waals surface area contributed by atoms with Crippen LogP contribution in [0.5, 0.6) is 0 Å². The number of carbonyl (C=O) groups excluding carboxylic acids is 2. The highest BCUT2D eigenvalue weighted by atomic mass is 16.5. The number of anilines is 1. The molecule has 154 valence electrons. The number of carbonyl (C=O) groups is 2. The van der Waals surface area contributed by atoms with Gasteiger partial charge in [0.2, 0.25) is 11.8 Å². The Bertz CT molecular complexity index is 1070. The van der Waals surface area contributed by atoms with Crippen LogP contribution < -0.4 is 4.90 Å². The summed E-state index contributed by atoms with van der Waals surface area (Å²) in [7, 11) is 1.49. The van der Waals surface area contributed by atoms with Crippen molar-refractivity contribution >= 4 is 17.5 Å². The molecule has 1 saturated carbocycles. The molecule has 0 saturated heterocycles. The maximum atomic E-state index is 13.7. The zero-order valence-electron chi connectivity index (χ0n) is 16.7. The van der Waals surface area contributed by atoms with Gasteiger partial charge in [0.15, 0.2) is 0 Å². The molecule has 5 rings (SSSR count). The molecule has 2 aliphatic rings. The lowest BCUT2D eigenvalue weighted by Gasteiger charge is -2.38. The summed E-state index contributed by atoms with van der Waals surface area (Å²) in [5, 5.41) is 0. The SMILES string of the molecule is COCC(=O)N(CC(=O)N1c2ccccc2-n2cccc2C1c1ccco1)C1CC1. The van der Waals surface area contributed by atoms with E-state index in [0.717, 1.165) is 29.9 Å². The minimum Gasteiger partial charge on any atom is -0.467 e. The van der Waals surface area contributed by atoms with Gasteiger partial charge in [-0.25, -0.2) is 0 Å². The molecule has 1 aromatic carbocycles. The molecule has 0 N–H and O–H groups in total. The van der Waals surface area contributed by atoms with Crippen LogP contribution in [0, 0.1) is 0 Å². The maximum absolute atomic E-state index is 13.7. The second kappa shape index (κ2) is 7.50. The van der Waals surface area contributed by atoms with E-state index in [0.29, 0.717) is 5.76 Å². The Morgan fingerprint density at radius 1 is 1.10 bits per heavy atom. The number of amides is 2. The Hall–Kier alpha value is -3.32. The first kappa shape index (κ1) is 18.7. The molecular formula is C23H23N3O4. The summed E-state index contributed by atoms with van der Waals surface area (Å²) in [4.78, 5) is 29.7. The van der Waals surface area contributed by atoms with Gasteiger partial charge in [-0.2, -0.15) is 0 Å². The van der Waals surface area contributed by atoms with Crippen molar-refractivity contribution in [3.05, 3.63) is 72.4 Å². The number of nitrogens with zero attached hydrogens (tertiary/aromatic N) is 3. The number of para-hydroxylation sites is 2. The van der Waals surface area contributed by atoms with Crippen LogP contribution >= 0.6 is 0 Å². The minimum atomic E-state index is -0.406. The lowest BCUT2D eigenvalue weighted by atomic mass is 10.0. The third-order valence-electron chi connectivity index (χ3n) is 5.68. The van der Waals surface area contributed by atoms with Crippen LogP contribution in [0.25, 0.3) is 5.69 Å². The fourth-order valence-electron chi connectivity index (χ4n) is 4.21. The van der Waals surface area contributed by atoms with Crippen molar-refractivity contribution in [2.75, 3.05) is 25.2 Å². The van der Waals surface area contributed by atoms with Gasteiger partial charge < -0.3 is 18.6 Å². The largest absolute Gasteiger partial charge is 0.467 e. The van der Waals surface area contributed by atoms with Gasteiger partial charge in [-0.3, -0.25) is 14.5 Å². The van der Waals surface area contributed by atoms with Crippen LogP contribution in [-0.2, 0) is 14.3 Å². The monoisotopic (exact) mass is 405 g/mol. The summed E-state index contributed by atoms with van der Waals surface area (Å²) in [6, 6.07) is 15.2. The van der Waals surface area contributed by atoms with Crippen LogP contribution in [0.15, 0.2) is 65.4 Å². The predicted octanol–water partition coefficient (Wildman–Crippen LogP) is 3.14. The molecule has 2 amide bonds. The lowest BCUT2D eigenvalue weighted by Crippen LogP contribution is -2.48. The van der Waals surface area contributed by atoms with Crippen LogP contribution in [0.1, 0.15) is 30.3 Å². The molecule has 1 unspecified atom stereocenters. The number of benzene rings is 1. The van der Waals surface area contributed by atoms with Crippen LogP contribution in [0.4, 0.5) is 5.69 Å². The second-order valence-electron chi connectivity index (χ2n) is 7.66. The first-order chi connectivity index (χ1) is 14.7. The Balaban J connectivity index is 1.56. The zero-order valence-corrected chi connectivity index (χ0v) is 16.7. The number of ether oxygens (including phenoxy) is 1. The van der Waals surface area contributed by atoms with Gasteiger partial charge in [-0.1, -0.05) is 12.1 Å². The van der Waals surface area contributed by atoms with E-state index in [9.17, 15) is 9.59 Å². The molecule has 1 fully saturated rings. The van der Waals surface area contributed by atoms with E-state index in [2.05, 4.69) is 4.57 Å². The number of methoxy groups -OCH3 is 1. The Kier molecular flexibility index (Phi) is 4.67. The first-order valence-corrected chi connectivity index (χ1v) is 10.1. The van der Waals surface area contributed by atoms with Gasteiger partial charge in [-0.05, 0) is 49.2 Å². The van der Waals surface area contributed by atoms with E-state index in [4.69, 9.17) is 9.15 Å². The zero-order chi connectivity index (χ0) is 20.7. The molecule has 0 bridgehead atoms. The van der Waals surface area contributed by atoms with Crippen LogP contribution in [0.2, 0.25) is 0 Å². The van der Waals surface area contributed by atoms with E-state index < -0.39 is 6.04 Å². The van der Waals surface area contributed by atoms with Crippen molar-refractivity contribution in [2.45, 2.75) is 24.9 Å². The van der Waals surface area contributed by atoms with Gasteiger partial charge in [0.25, 0.3) is 0 Å². The van der Waals surface area contributed by atoms with Crippen molar-refractivity contribution in [1.29, 1.82) is 0 Å². The van der Waals surface area contributed by atoms with Crippen molar-refractivity contribution in [3.8, 4) is 5.69 Å². The normalized spacial score (nSPS) is 17.4. The smallest absolute Gasteiger partial charge is 0.249 e. The summed E-state index contributed by atoms with van der Waals surface area (Å²) in [5.74, 6) is 0.378. The lowest BCUT2D eigenvalue weighted by molar-refractivity contribution is -0.139. The molecular weight excluding hydrogens is 382 g/mol. The minimum absolute atomic E-state index is 0.0130. The highest BCUT2D eigenvalue weighted by Gasteiger charge is 2.40. The van der Waals surface area contributed by atoms with Gasteiger partial charge in [0.05, 0.1) is 23.3 Å². The fourth-order valence-corrected chi connectivity index (χ4v) is 4.21. The van der Waals surface area contributed by atoms with Gasteiger partial charge in [0, 0.05) is 19.3 Å². The summed E-state index contributed by atoms with van der Waals surface area (Å²) < 4.78 is 12.8. The summed E-state index contributed by atoms with van der Waals surface area (Å²) >= 11 is 0. The molecule has 0 radical (unpaired) electrons. The fraction of sp³-hybridized carbons (Fsp3) is 0.304. The summed E-state index contributed by atoms with van der Waals surface area (Å²) in [6.45, 7) is -0.00998. The second-order valence-corrected chi connectivity index (χ2v) is 7.66. The first-order valence-electron chi connectivity index (χ1n) is 10.1. The van der Waals surface area contributed by atoms with Crippen LogP contribution in [-0.4, -0.2) is 47.6 Å². The maximum Gasteiger partial charge on any atom is 0.249 e. The van der Waals surface area contributed by atoms with E-state index in [-0.39, 0.29) is 31.0 Å². The summed E-state index contributed by atoms with van der Waals surface area (Å²) in [5.41, 5.74) is 2.66. The molecule has 7 nitrogen and oxygen atoms in total. The molecule has 7 heteroatoms. The molecule has 30 heavy (non-hydrogen) atoms. The van der Waals surface area contributed by atoms with Crippen LogP contribution in [0.3, 0.4) is 0 Å². The topological polar surface area (TPSA) is 67.9 Å². The van der Waals surface area contributed by atoms with E-state index in [1.807, 2.05) is 54.7 Å². The molecule has 2 aromatic heterocycles. The van der Waals surface area contributed by atoms with Gasteiger partial charge in [0.1, 0.15) is 25.0 Å². The number of rotatable bonds is 6. The van der Waals surface area contributed by atoms with Crippen molar-refractivity contribution < 1.29 is 18.7 Å². The average Bonchev–Trinajstić information content (AvgIpc) is 3.24. The Morgan fingerprint density at radius 2 is 1.90 bits per heavy atom. The molecule has 1 atom stereocenters. The van der Waals surface area contributed by atoms with Crippen molar-refractivity contribution in [1.82, 2.24) is 9.47 Å². The van der Waals surface area contributed by atoms with Crippen molar-refractivity contribution in [3.63, 3.8) is 0 Å². The highest BCUT2D eigenvalue weighted by Crippen LogP contribution is 2.42. The summed E-state index contributed by atoms with van der Waals surface area (Å²) in [6.07, 6.45) is 5.45. The average molecular weight is 405 g/mol. The van der Waals surface area contributed by atoms with E-state index in [1.54, 1.807) is 16.1 Å². The van der Waals surface area contributed by atoms with E-state index in [1.165, 1.54) is 7.11 Å². The van der Waals surface area contributed by atoms with Crippen molar-refractivity contribution in [2.24, 2.45) is 0 Å². The number of fused-ring (bicyclic) bond motifs is 3.